The van der Waals surface area contributed by atoms with Gasteiger partial charge in [0.2, 0.25) is 0 Å². The first-order chi connectivity index (χ1) is 8.34. The molecule has 1 unspecified atom stereocenters. The van der Waals surface area contributed by atoms with E-state index in [1.54, 1.807) is 12.1 Å². The van der Waals surface area contributed by atoms with E-state index >= 15 is 0 Å². The van der Waals surface area contributed by atoms with E-state index in [0.717, 1.165) is 18.6 Å². The first-order valence-corrected chi connectivity index (χ1v) is 5.81. The van der Waals surface area contributed by atoms with Gasteiger partial charge in [0.25, 0.3) is 0 Å². The molecule has 0 N–H and O–H groups in total. The summed E-state index contributed by atoms with van der Waals surface area (Å²) in [4.78, 5) is 0. The number of benzene rings is 2. The average Bonchev–Trinajstić information content (AvgIpc) is 2.29. The zero-order valence-corrected chi connectivity index (χ0v) is 9.40. The Morgan fingerprint density at radius 1 is 1.00 bits per heavy atom. The molecule has 1 heterocycles. The van der Waals surface area contributed by atoms with Gasteiger partial charge in [-0.15, -0.1) is 0 Å². The molecule has 0 radical (unpaired) electrons. The van der Waals surface area contributed by atoms with Gasteiger partial charge in [0.15, 0.2) is 0 Å². The van der Waals surface area contributed by atoms with Crippen LogP contribution in [0.1, 0.15) is 18.1 Å². The Bertz CT molecular complexity index is 515. The summed E-state index contributed by atoms with van der Waals surface area (Å²) >= 11 is 0. The van der Waals surface area contributed by atoms with Gasteiger partial charge >= 0.3 is 0 Å². The highest BCUT2D eigenvalue weighted by Crippen LogP contribution is 2.31. The van der Waals surface area contributed by atoms with E-state index in [-0.39, 0.29) is 11.9 Å². The molecule has 0 aliphatic carbocycles. The minimum Gasteiger partial charge on any atom is -0.373 e. The van der Waals surface area contributed by atoms with Crippen molar-refractivity contribution >= 4 is 0 Å². The summed E-state index contributed by atoms with van der Waals surface area (Å²) in [6, 6.07) is 14.8. The number of hydrogen-bond donors (Lipinski definition) is 0. The van der Waals surface area contributed by atoms with Crippen LogP contribution in [0.2, 0.25) is 0 Å². The van der Waals surface area contributed by atoms with Gasteiger partial charge in [-0.25, -0.2) is 4.39 Å². The topological polar surface area (TPSA) is 9.23 Å². The lowest BCUT2D eigenvalue weighted by atomic mass is 9.99. The third kappa shape index (κ3) is 1.96. The predicted molar refractivity (Wildman–Crippen MR) is 65.1 cm³/mol. The van der Waals surface area contributed by atoms with E-state index in [0.29, 0.717) is 5.56 Å². The van der Waals surface area contributed by atoms with Gasteiger partial charge in [-0.1, -0.05) is 42.5 Å². The summed E-state index contributed by atoms with van der Waals surface area (Å²) in [5.74, 6) is -0.180. The minimum absolute atomic E-state index is 0.180. The van der Waals surface area contributed by atoms with Crippen molar-refractivity contribution in [2.45, 2.75) is 12.5 Å². The summed E-state index contributed by atoms with van der Waals surface area (Å²) < 4.78 is 19.0. The molecule has 2 aromatic rings. The molecule has 1 aliphatic heterocycles. The molecule has 2 aromatic carbocycles. The van der Waals surface area contributed by atoms with Crippen LogP contribution in [0.5, 0.6) is 0 Å². The highest BCUT2D eigenvalue weighted by molar-refractivity contribution is 5.64. The molecule has 17 heavy (non-hydrogen) atoms. The van der Waals surface area contributed by atoms with Gasteiger partial charge in [0.1, 0.15) is 5.82 Å². The van der Waals surface area contributed by atoms with Gasteiger partial charge in [0, 0.05) is 12.0 Å². The highest BCUT2D eigenvalue weighted by Gasteiger charge is 2.19. The van der Waals surface area contributed by atoms with Crippen LogP contribution in [0.4, 0.5) is 4.39 Å². The van der Waals surface area contributed by atoms with Crippen LogP contribution in [0.25, 0.3) is 11.1 Å². The Kier molecular flexibility index (Phi) is 2.65. The van der Waals surface area contributed by atoms with Crippen molar-refractivity contribution in [3.63, 3.8) is 0 Å². The quantitative estimate of drug-likeness (QED) is 0.756. The van der Waals surface area contributed by atoms with Gasteiger partial charge < -0.3 is 4.74 Å². The fourth-order valence-corrected chi connectivity index (χ4v) is 2.07. The second kappa shape index (κ2) is 4.30. The molecule has 0 bridgehead atoms. The van der Waals surface area contributed by atoms with E-state index in [2.05, 4.69) is 0 Å². The largest absolute Gasteiger partial charge is 0.373 e. The molecule has 0 aromatic heterocycles. The SMILES string of the molecule is Fc1ccccc1-c1ccc(C2CCO2)cc1. The van der Waals surface area contributed by atoms with E-state index in [4.69, 9.17) is 4.74 Å². The maximum Gasteiger partial charge on any atom is 0.131 e. The van der Waals surface area contributed by atoms with Crippen LogP contribution >= 0.6 is 0 Å². The Morgan fingerprint density at radius 2 is 1.71 bits per heavy atom. The van der Waals surface area contributed by atoms with E-state index in [9.17, 15) is 4.39 Å². The lowest BCUT2D eigenvalue weighted by Crippen LogP contribution is -2.17. The Balaban J connectivity index is 1.91. The molecule has 1 aliphatic rings. The third-order valence-corrected chi connectivity index (χ3v) is 3.17. The Hall–Kier alpha value is -1.67. The normalized spacial score (nSPS) is 18.8. The van der Waals surface area contributed by atoms with Gasteiger partial charge in [0.05, 0.1) is 12.7 Å². The van der Waals surface area contributed by atoms with Gasteiger partial charge in [-0.2, -0.15) is 0 Å². The van der Waals surface area contributed by atoms with Crippen molar-refractivity contribution in [2.75, 3.05) is 6.61 Å². The number of hydrogen-bond acceptors (Lipinski definition) is 1. The Morgan fingerprint density at radius 3 is 2.29 bits per heavy atom. The third-order valence-electron chi connectivity index (χ3n) is 3.17. The van der Waals surface area contributed by atoms with Crippen LogP contribution in [-0.2, 0) is 4.74 Å². The summed E-state index contributed by atoms with van der Waals surface area (Å²) in [5, 5.41) is 0. The molecular weight excluding hydrogens is 215 g/mol. The standard InChI is InChI=1S/C15H13FO/c16-14-4-2-1-3-13(14)11-5-7-12(8-6-11)15-9-10-17-15/h1-8,15H,9-10H2. The highest BCUT2D eigenvalue weighted by atomic mass is 19.1. The van der Waals surface area contributed by atoms with E-state index in [1.807, 2.05) is 30.3 Å². The van der Waals surface area contributed by atoms with Crippen molar-refractivity contribution in [2.24, 2.45) is 0 Å². The maximum atomic E-state index is 13.6. The molecule has 1 atom stereocenters. The molecule has 1 nitrogen and oxygen atoms in total. The monoisotopic (exact) mass is 228 g/mol. The van der Waals surface area contributed by atoms with Gasteiger partial charge in [-0.3, -0.25) is 0 Å². The second-order valence-corrected chi connectivity index (χ2v) is 4.25. The van der Waals surface area contributed by atoms with E-state index in [1.165, 1.54) is 11.6 Å². The summed E-state index contributed by atoms with van der Waals surface area (Å²) in [5.41, 5.74) is 2.73. The first-order valence-electron chi connectivity index (χ1n) is 5.81. The number of halogens is 1. The molecule has 1 fully saturated rings. The Labute approximate surface area is 99.9 Å². The molecule has 86 valence electrons. The molecule has 3 rings (SSSR count). The van der Waals surface area contributed by atoms with Crippen molar-refractivity contribution in [3.05, 3.63) is 59.9 Å². The van der Waals surface area contributed by atoms with Crippen LogP contribution in [0.15, 0.2) is 48.5 Å². The van der Waals surface area contributed by atoms with Crippen molar-refractivity contribution < 1.29 is 9.13 Å². The lowest BCUT2D eigenvalue weighted by Gasteiger charge is -2.26. The van der Waals surface area contributed by atoms with Crippen molar-refractivity contribution in [1.29, 1.82) is 0 Å². The summed E-state index contributed by atoms with van der Waals surface area (Å²) in [6.07, 6.45) is 1.32. The van der Waals surface area contributed by atoms with E-state index < -0.39 is 0 Å². The smallest absolute Gasteiger partial charge is 0.131 e. The zero-order chi connectivity index (χ0) is 11.7. The van der Waals surface area contributed by atoms with Crippen molar-refractivity contribution in [1.82, 2.24) is 0 Å². The molecular formula is C15H13FO. The predicted octanol–water partition coefficient (Wildman–Crippen LogP) is 3.95. The summed E-state index contributed by atoms with van der Waals surface area (Å²) in [6.45, 7) is 0.847. The van der Waals surface area contributed by atoms with Crippen molar-refractivity contribution in [3.8, 4) is 11.1 Å². The number of ether oxygens (including phenoxy) is 1. The van der Waals surface area contributed by atoms with Crippen LogP contribution < -0.4 is 0 Å². The second-order valence-electron chi connectivity index (χ2n) is 4.25. The zero-order valence-electron chi connectivity index (χ0n) is 9.40. The van der Waals surface area contributed by atoms with Crippen LogP contribution in [-0.4, -0.2) is 6.61 Å². The number of rotatable bonds is 2. The van der Waals surface area contributed by atoms with Crippen LogP contribution in [0.3, 0.4) is 0 Å². The fourth-order valence-electron chi connectivity index (χ4n) is 2.07. The molecule has 0 spiro atoms. The fraction of sp³-hybridized carbons (Fsp3) is 0.200. The first kappa shape index (κ1) is 10.5. The molecule has 0 amide bonds. The summed E-state index contributed by atoms with van der Waals surface area (Å²) in [7, 11) is 0. The molecule has 2 heteroatoms. The molecule has 1 saturated heterocycles. The molecule has 0 saturated carbocycles. The maximum absolute atomic E-state index is 13.6. The average molecular weight is 228 g/mol. The van der Waals surface area contributed by atoms with Gasteiger partial charge in [-0.05, 0) is 17.2 Å². The lowest BCUT2D eigenvalue weighted by molar-refractivity contribution is -0.0527. The minimum atomic E-state index is -0.180. The van der Waals surface area contributed by atoms with Crippen LogP contribution in [0, 0.1) is 5.82 Å².